The third-order valence-corrected chi connectivity index (χ3v) is 4.12. The molecule has 11 heteroatoms. The first kappa shape index (κ1) is 20.2. The number of amides is 1. The molecule has 27 heavy (non-hydrogen) atoms. The van der Waals surface area contributed by atoms with E-state index in [9.17, 15) is 29.8 Å². The number of carbonyl (C=O) groups excluding carboxylic acids is 2. The van der Waals surface area contributed by atoms with Crippen LogP contribution in [0.1, 0.15) is 29.6 Å². The van der Waals surface area contributed by atoms with E-state index >= 15 is 0 Å². The van der Waals surface area contributed by atoms with Gasteiger partial charge in [-0.15, -0.1) is 0 Å². The van der Waals surface area contributed by atoms with Crippen molar-refractivity contribution in [3.63, 3.8) is 0 Å². The summed E-state index contributed by atoms with van der Waals surface area (Å²) < 4.78 is 10.1. The van der Waals surface area contributed by atoms with Gasteiger partial charge in [0.15, 0.2) is 0 Å². The predicted octanol–water partition coefficient (Wildman–Crippen LogP) is 1.69. The fourth-order valence-corrected chi connectivity index (χ4v) is 2.75. The number of nitro benzene ring substituents is 2. The SMILES string of the molecule is COC(=O)CCN(CC1CCCO1)C(=O)c1cc([N+](=O)[O-])cc([N+](=O)[O-])c1. The van der Waals surface area contributed by atoms with Gasteiger partial charge in [-0.1, -0.05) is 0 Å². The van der Waals surface area contributed by atoms with E-state index in [1.165, 1.54) is 12.0 Å². The lowest BCUT2D eigenvalue weighted by Gasteiger charge is -2.25. The van der Waals surface area contributed by atoms with Crippen LogP contribution >= 0.6 is 0 Å². The summed E-state index contributed by atoms with van der Waals surface area (Å²) in [6.45, 7) is 0.736. The van der Waals surface area contributed by atoms with E-state index in [0.29, 0.717) is 6.61 Å². The molecule has 1 aromatic carbocycles. The number of esters is 1. The Morgan fingerprint density at radius 3 is 2.33 bits per heavy atom. The van der Waals surface area contributed by atoms with Crippen LogP contribution in [0.5, 0.6) is 0 Å². The third kappa shape index (κ3) is 5.45. The number of hydrogen-bond acceptors (Lipinski definition) is 8. The molecule has 0 aromatic heterocycles. The Balaban J connectivity index is 2.29. The van der Waals surface area contributed by atoms with E-state index in [0.717, 1.165) is 31.0 Å². The normalized spacial score (nSPS) is 16.0. The Hall–Kier alpha value is -3.08. The van der Waals surface area contributed by atoms with Gasteiger partial charge in [0.25, 0.3) is 17.3 Å². The van der Waals surface area contributed by atoms with Crippen molar-refractivity contribution >= 4 is 23.3 Å². The Morgan fingerprint density at radius 2 is 1.85 bits per heavy atom. The molecule has 146 valence electrons. The molecular weight excluding hydrogens is 362 g/mol. The Labute approximate surface area is 154 Å². The number of rotatable bonds is 8. The van der Waals surface area contributed by atoms with Gasteiger partial charge in [0.1, 0.15) is 0 Å². The van der Waals surface area contributed by atoms with Crippen LogP contribution in [-0.4, -0.2) is 59.5 Å². The maximum atomic E-state index is 12.9. The molecule has 1 atom stereocenters. The molecule has 0 bridgehead atoms. The van der Waals surface area contributed by atoms with Crippen LogP contribution in [0.25, 0.3) is 0 Å². The molecule has 11 nitrogen and oxygen atoms in total. The van der Waals surface area contributed by atoms with Gasteiger partial charge in [-0.05, 0) is 12.8 Å². The minimum atomic E-state index is -0.803. The summed E-state index contributed by atoms with van der Waals surface area (Å²) in [6.07, 6.45) is 1.27. The topological polar surface area (TPSA) is 142 Å². The van der Waals surface area contributed by atoms with E-state index in [4.69, 9.17) is 4.74 Å². The second-order valence-electron chi connectivity index (χ2n) is 5.96. The average molecular weight is 381 g/mol. The third-order valence-electron chi connectivity index (χ3n) is 4.12. The van der Waals surface area contributed by atoms with E-state index in [1.54, 1.807) is 0 Å². The number of nitro groups is 2. The molecule has 0 aliphatic carbocycles. The van der Waals surface area contributed by atoms with Gasteiger partial charge in [0.05, 0.1) is 41.1 Å². The number of carbonyl (C=O) groups is 2. The highest BCUT2D eigenvalue weighted by Gasteiger charge is 2.27. The quantitative estimate of drug-likeness (QED) is 0.376. The molecule has 1 fully saturated rings. The van der Waals surface area contributed by atoms with Gasteiger partial charge in [-0.3, -0.25) is 29.8 Å². The minimum absolute atomic E-state index is 0.00184. The first-order valence-electron chi connectivity index (χ1n) is 8.23. The zero-order valence-electron chi connectivity index (χ0n) is 14.7. The van der Waals surface area contributed by atoms with Crippen molar-refractivity contribution in [3.05, 3.63) is 44.0 Å². The van der Waals surface area contributed by atoms with Crippen molar-refractivity contribution < 1.29 is 28.9 Å². The van der Waals surface area contributed by atoms with Crippen molar-refractivity contribution in [2.24, 2.45) is 0 Å². The number of benzene rings is 1. The van der Waals surface area contributed by atoms with Crippen molar-refractivity contribution in [2.75, 3.05) is 26.8 Å². The number of nitrogens with zero attached hydrogens (tertiary/aromatic N) is 3. The fourth-order valence-electron chi connectivity index (χ4n) is 2.75. The van der Waals surface area contributed by atoms with Gasteiger partial charge in [-0.25, -0.2) is 0 Å². The van der Waals surface area contributed by atoms with Gasteiger partial charge >= 0.3 is 5.97 Å². The van der Waals surface area contributed by atoms with Crippen LogP contribution in [0.2, 0.25) is 0 Å². The summed E-state index contributed by atoms with van der Waals surface area (Å²) in [5, 5.41) is 22.1. The molecule has 2 rings (SSSR count). The summed E-state index contributed by atoms with van der Waals surface area (Å²) in [6, 6.07) is 2.75. The summed E-state index contributed by atoms with van der Waals surface area (Å²) in [7, 11) is 1.22. The zero-order valence-corrected chi connectivity index (χ0v) is 14.7. The van der Waals surface area contributed by atoms with Crippen LogP contribution in [0.15, 0.2) is 18.2 Å². The monoisotopic (exact) mass is 381 g/mol. The minimum Gasteiger partial charge on any atom is -0.469 e. The standard InChI is InChI=1S/C16H19N3O8/c1-26-15(20)4-5-17(10-14-3-2-6-27-14)16(21)11-7-12(18(22)23)9-13(8-11)19(24)25/h7-9,14H,2-6,10H2,1H3. The molecule has 0 spiro atoms. The molecule has 1 saturated heterocycles. The number of ether oxygens (including phenoxy) is 2. The highest BCUT2D eigenvalue weighted by Crippen LogP contribution is 2.24. The Bertz CT molecular complexity index is 713. The second-order valence-corrected chi connectivity index (χ2v) is 5.96. The summed E-state index contributed by atoms with van der Waals surface area (Å²) >= 11 is 0. The highest BCUT2D eigenvalue weighted by molar-refractivity contribution is 5.95. The summed E-state index contributed by atoms with van der Waals surface area (Å²) in [5.74, 6) is -1.17. The first-order valence-corrected chi connectivity index (χ1v) is 8.23. The molecule has 0 saturated carbocycles. The van der Waals surface area contributed by atoms with Crippen LogP contribution in [0, 0.1) is 20.2 Å². The van der Waals surface area contributed by atoms with Crippen LogP contribution in [0.3, 0.4) is 0 Å². The smallest absolute Gasteiger partial charge is 0.307 e. The molecule has 1 aromatic rings. The van der Waals surface area contributed by atoms with E-state index in [2.05, 4.69) is 4.74 Å². The van der Waals surface area contributed by atoms with E-state index < -0.39 is 33.1 Å². The number of non-ortho nitro benzene ring substituents is 2. The lowest BCUT2D eigenvalue weighted by molar-refractivity contribution is -0.394. The largest absolute Gasteiger partial charge is 0.469 e. The average Bonchev–Trinajstić information content (AvgIpc) is 3.16. The second kappa shape index (κ2) is 9.03. The maximum absolute atomic E-state index is 12.9. The van der Waals surface area contributed by atoms with Crippen molar-refractivity contribution in [1.29, 1.82) is 0 Å². The number of methoxy groups -OCH3 is 1. The van der Waals surface area contributed by atoms with Gasteiger partial charge in [0, 0.05) is 31.8 Å². The van der Waals surface area contributed by atoms with E-state index in [-0.39, 0.29) is 31.2 Å². The molecule has 1 heterocycles. The highest BCUT2D eigenvalue weighted by atomic mass is 16.6. The molecule has 0 N–H and O–H groups in total. The van der Waals surface area contributed by atoms with Crippen molar-refractivity contribution in [1.82, 2.24) is 4.90 Å². The maximum Gasteiger partial charge on any atom is 0.307 e. The van der Waals surface area contributed by atoms with Crippen LogP contribution < -0.4 is 0 Å². The van der Waals surface area contributed by atoms with Gasteiger partial charge in [0.2, 0.25) is 0 Å². The first-order chi connectivity index (χ1) is 12.8. The van der Waals surface area contributed by atoms with E-state index in [1.807, 2.05) is 0 Å². The lowest BCUT2D eigenvalue weighted by Crippen LogP contribution is -2.39. The molecule has 1 unspecified atom stereocenters. The number of hydrogen-bond donors (Lipinski definition) is 0. The van der Waals surface area contributed by atoms with Crippen LogP contribution in [-0.2, 0) is 14.3 Å². The van der Waals surface area contributed by atoms with Crippen molar-refractivity contribution in [3.8, 4) is 0 Å². The zero-order chi connectivity index (χ0) is 20.0. The summed E-state index contributed by atoms with van der Waals surface area (Å²) in [5.41, 5.74) is -1.31. The molecule has 1 amide bonds. The molecule has 1 aliphatic heterocycles. The van der Waals surface area contributed by atoms with Crippen LogP contribution in [0.4, 0.5) is 11.4 Å². The summed E-state index contributed by atoms with van der Waals surface area (Å²) in [4.78, 5) is 46.0. The molecule has 0 radical (unpaired) electrons. The van der Waals surface area contributed by atoms with Gasteiger partial charge < -0.3 is 14.4 Å². The predicted molar refractivity (Wildman–Crippen MR) is 91.3 cm³/mol. The lowest BCUT2D eigenvalue weighted by atomic mass is 10.1. The Kier molecular flexibility index (Phi) is 6.77. The molecular formula is C16H19N3O8. The Morgan fingerprint density at radius 1 is 1.22 bits per heavy atom. The fraction of sp³-hybridized carbons (Fsp3) is 0.500. The van der Waals surface area contributed by atoms with Gasteiger partial charge in [-0.2, -0.15) is 0 Å². The van der Waals surface area contributed by atoms with Crippen molar-refractivity contribution in [2.45, 2.75) is 25.4 Å². The molecule has 1 aliphatic rings.